The second kappa shape index (κ2) is 4.83. The molecule has 1 aliphatic carbocycles. The highest BCUT2D eigenvalue weighted by Gasteiger charge is 2.29. The van der Waals surface area contributed by atoms with Gasteiger partial charge in [0.25, 0.3) is 0 Å². The second-order valence-electron chi connectivity index (χ2n) is 5.59. The lowest BCUT2D eigenvalue weighted by atomic mass is 10.1. The van der Waals surface area contributed by atoms with Crippen LogP contribution in [-0.4, -0.2) is 29.1 Å². The minimum Gasteiger partial charge on any atom is -0.353 e. The van der Waals surface area contributed by atoms with Crippen molar-refractivity contribution < 1.29 is 0 Å². The molecular formula is C14H23N3. The van der Waals surface area contributed by atoms with Crippen LogP contribution >= 0.6 is 0 Å². The molecule has 1 atom stereocenters. The molecule has 0 bridgehead atoms. The van der Waals surface area contributed by atoms with Crippen molar-refractivity contribution in [2.24, 2.45) is 11.7 Å². The van der Waals surface area contributed by atoms with Gasteiger partial charge in [-0.3, -0.25) is 0 Å². The normalized spacial score (nSPS) is 23.1. The molecule has 94 valence electrons. The number of hydrogen-bond donors (Lipinski definition) is 1. The van der Waals surface area contributed by atoms with E-state index in [0.717, 1.165) is 12.5 Å². The molecule has 0 spiro atoms. The number of likely N-dealkylation sites (tertiary alicyclic amines) is 1. The van der Waals surface area contributed by atoms with Gasteiger partial charge >= 0.3 is 0 Å². The van der Waals surface area contributed by atoms with Gasteiger partial charge in [0.05, 0.1) is 0 Å². The van der Waals surface area contributed by atoms with Crippen LogP contribution in [0.2, 0.25) is 0 Å². The molecule has 1 aromatic rings. The van der Waals surface area contributed by atoms with E-state index in [9.17, 15) is 0 Å². The number of nitrogens with zero attached hydrogens (tertiary/aromatic N) is 2. The first-order valence-corrected chi connectivity index (χ1v) is 6.96. The molecule has 3 rings (SSSR count). The zero-order chi connectivity index (χ0) is 11.7. The van der Waals surface area contributed by atoms with Crippen molar-refractivity contribution in [2.75, 3.05) is 19.6 Å². The maximum Gasteiger partial charge on any atom is 0.0347 e. The topological polar surface area (TPSA) is 34.2 Å². The third kappa shape index (κ3) is 2.72. The molecule has 1 unspecified atom stereocenters. The predicted molar refractivity (Wildman–Crippen MR) is 69.8 cm³/mol. The van der Waals surface area contributed by atoms with Crippen molar-refractivity contribution in [1.29, 1.82) is 0 Å². The summed E-state index contributed by atoms with van der Waals surface area (Å²) in [6, 6.07) is 2.48. The van der Waals surface area contributed by atoms with Gasteiger partial charge in [-0.15, -0.1) is 0 Å². The largest absolute Gasteiger partial charge is 0.353 e. The summed E-state index contributed by atoms with van der Waals surface area (Å²) in [4.78, 5) is 2.56. The van der Waals surface area contributed by atoms with Crippen molar-refractivity contribution in [3.05, 3.63) is 24.0 Å². The zero-order valence-corrected chi connectivity index (χ0v) is 10.5. The molecule has 2 fully saturated rings. The quantitative estimate of drug-likeness (QED) is 0.844. The van der Waals surface area contributed by atoms with Gasteiger partial charge in [-0.05, 0) is 56.3 Å². The van der Waals surface area contributed by atoms with E-state index < -0.39 is 0 Å². The van der Waals surface area contributed by atoms with E-state index in [0.29, 0.717) is 0 Å². The van der Waals surface area contributed by atoms with Crippen LogP contribution in [0.3, 0.4) is 0 Å². The smallest absolute Gasteiger partial charge is 0.0347 e. The van der Waals surface area contributed by atoms with Crippen LogP contribution in [0.25, 0.3) is 0 Å². The first-order valence-electron chi connectivity index (χ1n) is 6.96. The summed E-state index contributed by atoms with van der Waals surface area (Å²) in [5, 5.41) is 0. The highest BCUT2D eigenvalue weighted by atomic mass is 15.2. The molecular weight excluding hydrogens is 210 g/mol. The fourth-order valence-electron chi connectivity index (χ4n) is 2.79. The van der Waals surface area contributed by atoms with E-state index in [2.05, 4.69) is 27.9 Å². The van der Waals surface area contributed by atoms with Crippen LogP contribution in [0.1, 0.15) is 37.3 Å². The van der Waals surface area contributed by atoms with Crippen LogP contribution in [0.15, 0.2) is 18.5 Å². The van der Waals surface area contributed by atoms with Crippen LogP contribution in [0, 0.1) is 5.92 Å². The standard InChI is InChI=1S/C14H23N3/c15-14(12-3-4-12)13-5-8-17(11-13)10-9-16-6-1-2-7-16/h5,8,11-12,14H,1-4,6-7,9-10,15H2. The molecule has 1 aromatic heterocycles. The third-order valence-electron chi connectivity index (χ3n) is 4.16. The van der Waals surface area contributed by atoms with Crippen LogP contribution < -0.4 is 5.73 Å². The monoisotopic (exact) mass is 233 g/mol. The molecule has 2 N–H and O–H groups in total. The number of aromatic nitrogens is 1. The average Bonchev–Trinajstić information content (AvgIpc) is 2.88. The van der Waals surface area contributed by atoms with Gasteiger partial charge in [-0.25, -0.2) is 0 Å². The maximum absolute atomic E-state index is 6.21. The third-order valence-corrected chi connectivity index (χ3v) is 4.16. The Hall–Kier alpha value is -0.800. The lowest BCUT2D eigenvalue weighted by Gasteiger charge is -2.14. The molecule has 3 heteroatoms. The van der Waals surface area contributed by atoms with Gasteiger partial charge in [0, 0.05) is 31.5 Å². The molecule has 0 radical (unpaired) electrons. The second-order valence-corrected chi connectivity index (χ2v) is 5.59. The molecule has 17 heavy (non-hydrogen) atoms. The number of nitrogens with two attached hydrogens (primary N) is 1. The van der Waals surface area contributed by atoms with Gasteiger partial charge in [0.1, 0.15) is 0 Å². The van der Waals surface area contributed by atoms with Gasteiger partial charge in [-0.2, -0.15) is 0 Å². The Morgan fingerprint density at radius 3 is 2.71 bits per heavy atom. The minimum absolute atomic E-state index is 0.281. The summed E-state index contributed by atoms with van der Waals surface area (Å²) < 4.78 is 2.30. The van der Waals surface area contributed by atoms with E-state index in [1.54, 1.807) is 0 Å². The summed E-state index contributed by atoms with van der Waals surface area (Å²) in [6.07, 6.45) is 9.83. The lowest BCUT2D eigenvalue weighted by molar-refractivity contribution is 0.322. The molecule has 2 heterocycles. The summed E-state index contributed by atoms with van der Waals surface area (Å²) in [7, 11) is 0. The van der Waals surface area contributed by atoms with Crippen molar-refractivity contribution in [1.82, 2.24) is 9.47 Å². The fourth-order valence-corrected chi connectivity index (χ4v) is 2.79. The van der Waals surface area contributed by atoms with Gasteiger partial charge < -0.3 is 15.2 Å². The fraction of sp³-hybridized carbons (Fsp3) is 0.714. The summed E-state index contributed by atoms with van der Waals surface area (Å²) >= 11 is 0. The van der Waals surface area contributed by atoms with E-state index in [-0.39, 0.29) is 6.04 Å². The van der Waals surface area contributed by atoms with Gasteiger partial charge in [0.2, 0.25) is 0 Å². The summed E-state index contributed by atoms with van der Waals surface area (Å²) in [5.74, 6) is 0.754. The Morgan fingerprint density at radius 1 is 1.24 bits per heavy atom. The molecule has 0 amide bonds. The zero-order valence-electron chi connectivity index (χ0n) is 10.5. The van der Waals surface area contributed by atoms with Crippen molar-refractivity contribution in [3.63, 3.8) is 0 Å². The van der Waals surface area contributed by atoms with Crippen LogP contribution in [0.5, 0.6) is 0 Å². The Morgan fingerprint density at radius 2 is 2.00 bits per heavy atom. The van der Waals surface area contributed by atoms with E-state index >= 15 is 0 Å². The van der Waals surface area contributed by atoms with E-state index in [4.69, 9.17) is 5.73 Å². The lowest BCUT2D eigenvalue weighted by Crippen LogP contribution is -2.23. The highest BCUT2D eigenvalue weighted by Crippen LogP contribution is 2.39. The van der Waals surface area contributed by atoms with Gasteiger partial charge in [-0.1, -0.05) is 0 Å². The Kier molecular flexibility index (Phi) is 3.21. The van der Waals surface area contributed by atoms with E-state index in [1.165, 1.54) is 50.9 Å². The Labute approximate surface area is 104 Å². The molecule has 0 aromatic carbocycles. The summed E-state index contributed by atoms with van der Waals surface area (Å²) in [6.45, 7) is 4.87. The number of hydrogen-bond acceptors (Lipinski definition) is 2. The molecule has 1 aliphatic heterocycles. The van der Waals surface area contributed by atoms with Crippen LogP contribution in [0.4, 0.5) is 0 Å². The minimum atomic E-state index is 0.281. The average molecular weight is 233 g/mol. The van der Waals surface area contributed by atoms with Crippen molar-refractivity contribution in [3.8, 4) is 0 Å². The van der Waals surface area contributed by atoms with Crippen molar-refractivity contribution in [2.45, 2.75) is 38.3 Å². The van der Waals surface area contributed by atoms with Crippen molar-refractivity contribution >= 4 is 0 Å². The first kappa shape index (κ1) is 11.3. The SMILES string of the molecule is NC(c1ccn(CCN2CCCC2)c1)C1CC1. The molecule has 3 nitrogen and oxygen atoms in total. The van der Waals surface area contributed by atoms with Gasteiger partial charge in [0.15, 0.2) is 0 Å². The molecule has 1 saturated heterocycles. The summed E-state index contributed by atoms with van der Waals surface area (Å²) in [5.41, 5.74) is 7.54. The van der Waals surface area contributed by atoms with E-state index in [1.807, 2.05) is 0 Å². The Bertz CT molecular complexity index is 361. The Balaban J connectivity index is 1.52. The first-order chi connectivity index (χ1) is 8.33. The molecule has 1 saturated carbocycles. The highest BCUT2D eigenvalue weighted by molar-refractivity contribution is 5.17. The number of rotatable bonds is 5. The predicted octanol–water partition coefficient (Wildman–Crippen LogP) is 1.99. The van der Waals surface area contributed by atoms with Crippen LogP contribution in [-0.2, 0) is 6.54 Å². The molecule has 2 aliphatic rings. The maximum atomic E-state index is 6.21.